The van der Waals surface area contributed by atoms with Crippen LogP contribution in [0.25, 0.3) is 11.3 Å². The van der Waals surface area contributed by atoms with Crippen molar-refractivity contribution in [3.63, 3.8) is 0 Å². The lowest BCUT2D eigenvalue weighted by molar-refractivity contribution is -0.142. The highest BCUT2D eigenvalue weighted by Gasteiger charge is 2.33. The van der Waals surface area contributed by atoms with Crippen LogP contribution in [0, 0.1) is 6.92 Å². The van der Waals surface area contributed by atoms with E-state index in [2.05, 4.69) is 0 Å². The van der Waals surface area contributed by atoms with E-state index >= 15 is 0 Å². The summed E-state index contributed by atoms with van der Waals surface area (Å²) in [7, 11) is 0. The molecular weight excluding hydrogens is 519 g/mol. The summed E-state index contributed by atoms with van der Waals surface area (Å²) in [5.41, 5.74) is 0.946. The lowest BCUT2D eigenvalue weighted by Gasteiger charge is -2.29. The fourth-order valence-electron chi connectivity index (χ4n) is 4.15. The molecule has 38 heavy (non-hydrogen) atoms. The van der Waals surface area contributed by atoms with Gasteiger partial charge >= 0.3 is 12.1 Å². The Morgan fingerprint density at radius 3 is 2.37 bits per heavy atom. The quantitative estimate of drug-likeness (QED) is 0.255. The Morgan fingerprint density at radius 1 is 0.974 bits per heavy atom. The molecule has 0 aliphatic rings. The SMILES string of the molecule is Cc1cc(Cl)ccc1C(=O)N(Cc1ccc(-c2cccc(C(F)(F)F)c2)o1)[C@@H](Cc1ccccc1)C(=O)O. The smallest absolute Gasteiger partial charge is 0.416 e. The molecule has 1 N–H and O–H groups in total. The van der Waals surface area contributed by atoms with E-state index in [1.165, 1.54) is 35.2 Å². The summed E-state index contributed by atoms with van der Waals surface area (Å²) < 4.78 is 45.3. The lowest BCUT2D eigenvalue weighted by atomic mass is 10.0. The number of nitrogens with zero attached hydrogens (tertiary/aromatic N) is 1. The summed E-state index contributed by atoms with van der Waals surface area (Å²) in [6.07, 6.45) is -4.48. The molecule has 0 saturated carbocycles. The van der Waals surface area contributed by atoms with Gasteiger partial charge in [-0.25, -0.2) is 4.79 Å². The molecule has 0 aliphatic heterocycles. The molecule has 0 aliphatic carbocycles. The van der Waals surface area contributed by atoms with Crippen LogP contribution in [0.1, 0.15) is 32.8 Å². The number of carbonyl (C=O) groups is 2. The van der Waals surface area contributed by atoms with Crippen LogP contribution in [0.2, 0.25) is 5.02 Å². The van der Waals surface area contributed by atoms with Gasteiger partial charge < -0.3 is 14.4 Å². The number of aliphatic carboxylic acids is 1. The van der Waals surface area contributed by atoms with Crippen LogP contribution in [0.4, 0.5) is 13.2 Å². The second-order valence-corrected chi connectivity index (χ2v) is 9.22. The molecule has 0 saturated heterocycles. The van der Waals surface area contributed by atoms with E-state index in [0.29, 0.717) is 10.6 Å². The molecule has 0 fully saturated rings. The minimum absolute atomic E-state index is 0.0374. The first-order chi connectivity index (χ1) is 18.0. The Balaban J connectivity index is 1.70. The highest BCUT2D eigenvalue weighted by molar-refractivity contribution is 6.30. The molecule has 0 radical (unpaired) electrons. The topological polar surface area (TPSA) is 70.8 Å². The van der Waals surface area contributed by atoms with E-state index in [1.807, 2.05) is 0 Å². The number of carboxylic acid groups (broad SMARTS) is 1. The molecule has 0 bridgehead atoms. The van der Waals surface area contributed by atoms with Gasteiger partial charge in [-0.3, -0.25) is 4.79 Å². The Bertz CT molecular complexity index is 1450. The number of hydrogen-bond acceptors (Lipinski definition) is 3. The third-order valence-corrected chi connectivity index (χ3v) is 6.31. The Kier molecular flexibility index (Phi) is 7.92. The van der Waals surface area contributed by atoms with Gasteiger partial charge in [0.05, 0.1) is 12.1 Å². The van der Waals surface area contributed by atoms with Gasteiger partial charge in [0, 0.05) is 22.6 Å². The number of halogens is 4. The van der Waals surface area contributed by atoms with Crippen molar-refractivity contribution in [3.8, 4) is 11.3 Å². The molecule has 4 rings (SSSR count). The number of alkyl halides is 3. The fourth-order valence-corrected chi connectivity index (χ4v) is 4.37. The van der Waals surface area contributed by atoms with Crippen molar-refractivity contribution < 1.29 is 32.3 Å². The maximum atomic E-state index is 13.7. The van der Waals surface area contributed by atoms with Crippen LogP contribution in [0.5, 0.6) is 0 Å². The summed E-state index contributed by atoms with van der Waals surface area (Å²) in [5.74, 6) is -1.37. The fraction of sp³-hybridized carbons (Fsp3) is 0.172. The Labute approximate surface area is 222 Å². The van der Waals surface area contributed by atoms with Crippen molar-refractivity contribution in [1.82, 2.24) is 4.90 Å². The lowest BCUT2D eigenvalue weighted by Crippen LogP contribution is -2.46. The number of carboxylic acids is 1. The third kappa shape index (κ3) is 6.26. The number of furan rings is 1. The zero-order chi connectivity index (χ0) is 27.4. The van der Waals surface area contributed by atoms with Crippen LogP contribution in [0.15, 0.2) is 89.3 Å². The minimum atomic E-state index is -4.52. The zero-order valence-corrected chi connectivity index (χ0v) is 21.0. The summed E-state index contributed by atoms with van der Waals surface area (Å²) >= 11 is 6.05. The van der Waals surface area contributed by atoms with Crippen LogP contribution in [-0.4, -0.2) is 27.9 Å². The average Bonchev–Trinajstić information content (AvgIpc) is 3.34. The van der Waals surface area contributed by atoms with Crippen molar-refractivity contribution in [1.29, 1.82) is 0 Å². The molecule has 9 heteroatoms. The monoisotopic (exact) mass is 541 g/mol. The van der Waals surface area contributed by atoms with Gasteiger partial charge in [0.15, 0.2) is 0 Å². The summed E-state index contributed by atoms with van der Waals surface area (Å²) in [4.78, 5) is 27.3. The van der Waals surface area contributed by atoms with E-state index < -0.39 is 29.7 Å². The molecule has 1 amide bonds. The Hall–Kier alpha value is -4.04. The van der Waals surface area contributed by atoms with Crippen molar-refractivity contribution in [2.75, 3.05) is 0 Å². The Morgan fingerprint density at radius 2 is 1.71 bits per heavy atom. The first kappa shape index (κ1) is 27.0. The second-order valence-electron chi connectivity index (χ2n) is 8.78. The van der Waals surface area contributed by atoms with Crippen LogP contribution in [-0.2, 0) is 23.9 Å². The number of aryl methyl sites for hydroxylation is 1. The molecule has 196 valence electrons. The van der Waals surface area contributed by atoms with E-state index in [4.69, 9.17) is 16.0 Å². The van der Waals surface area contributed by atoms with E-state index in [-0.39, 0.29) is 35.6 Å². The number of benzene rings is 3. The summed E-state index contributed by atoms with van der Waals surface area (Å²) in [5, 5.41) is 10.6. The van der Waals surface area contributed by atoms with E-state index in [9.17, 15) is 27.9 Å². The van der Waals surface area contributed by atoms with Crippen molar-refractivity contribution >= 4 is 23.5 Å². The predicted octanol–water partition coefficient (Wildman–Crippen LogP) is 7.27. The summed E-state index contributed by atoms with van der Waals surface area (Å²) in [6.45, 7) is 1.48. The van der Waals surface area contributed by atoms with Gasteiger partial charge in [0.2, 0.25) is 0 Å². The van der Waals surface area contributed by atoms with Crippen molar-refractivity contribution in [3.05, 3.63) is 118 Å². The van der Waals surface area contributed by atoms with Gasteiger partial charge in [-0.1, -0.05) is 54.1 Å². The normalized spacial score (nSPS) is 12.2. The van der Waals surface area contributed by atoms with Crippen LogP contribution >= 0.6 is 11.6 Å². The highest BCUT2D eigenvalue weighted by atomic mass is 35.5. The molecular formula is C29H23ClF3NO4. The third-order valence-electron chi connectivity index (χ3n) is 6.08. The van der Waals surface area contributed by atoms with Crippen LogP contribution in [0.3, 0.4) is 0 Å². The summed E-state index contributed by atoms with van der Waals surface area (Å²) in [6, 6.07) is 20.0. The van der Waals surface area contributed by atoms with Crippen LogP contribution < -0.4 is 0 Å². The molecule has 1 atom stereocenters. The molecule has 4 aromatic rings. The molecule has 3 aromatic carbocycles. The number of amides is 1. The van der Waals surface area contributed by atoms with Gasteiger partial charge in [-0.05, 0) is 60.5 Å². The molecule has 5 nitrogen and oxygen atoms in total. The van der Waals surface area contributed by atoms with Gasteiger partial charge in [0.25, 0.3) is 5.91 Å². The maximum absolute atomic E-state index is 13.7. The number of carbonyl (C=O) groups excluding carboxylic acids is 1. The number of rotatable bonds is 8. The second kappa shape index (κ2) is 11.1. The molecule has 1 heterocycles. The zero-order valence-electron chi connectivity index (χ0n) is 20.2. The van der Waals surface area contributed by atoms with Gasteiger partial charge in [-0.2, -0.15) is 13.2 Å². The first-order valence-electron chi connectivity index (χ1n) is 11.6. The van der Waals surface area contributed by atoms with Crippen molar-refractivity contribution in [2.24, 2.45) is 0 Å². The average molecular weight is 542 g/mol. The minimum Gasteiger partial charge on any atom is -0.480 e. The number of hydrogen-bond donors (Lipinski definition) is 1. The molecule has 0 spiro atoms. The highest BCUT2D eigenvalue weighted by Crippen LogP contribution is 2.33. The van der Waals surface area contributed by atoms with Gasteiger partial charge in [0.1, 0.15) is 17.6 Å². The standard InChI is InChI=1S/C29H23ClF3NO4/c1-18-14-22(30)10-12-24(18)27(35)34(25(28(36)37)15-19-6-3-2-4-7-19)17-23-11-13-26(38-23)20-8-5-9-21(16-20)29(31,32)33/h2-14,16,25H,15,17H2,1H3,(H,36,37)/t25-/m0/s1. The van der Waals surface area contributed by atoms with Gasteiger partial charge in [-0.15, -0.1) is 0 Å². The predicted molar refractivity (Wildman–Crippen MR) is 137 cm³/mol. The first-order valence-corrected chi connectivity index (χ1v) is 12.0. The van der Waals surface area contributed by atoms with Crippen molar-refractivity contribution in [2.45, 2.75) is 32.1 Å². The maximum Gasteiger partial charge on any atom is 0.416 e. The molecule has 1 aromatic heterocycles. The largest absolute Gasteiger partial charge is 0.480 e. The van der Waals surface area contributed by atoms with E-state index in [1.54, 1.807) is 49.4 Å². The van der Waals surface area contributed by atoms with E-state index in [0.717, 1.165) is 17.7 Å². The molecule has 0 unspecified atom stereocenters.